The number of rotatable bonds is 5. The molecule has 4 unspecified atom stereocenters. The first-order valence-corrected chi connectivity index (χ1v) is 7.04. The van der Waals surface area contributed by atoms with Crippen LogP contribution in [0.25, 0.3) is 0 Å². The third-order valence-electron chi connectivity index (χ3n) is 4.25. The molecule has 100 valence electrons. The summed E-state index contributed by atoms with van der Waals surface area (Å²) in [6.07, 6.45) is 7.25. The maximum absolute atomic E-state index is 5.97. The third kappa shape index (κ3) is 1.95. The van der Waals surface area contributed by atoms with E-state index >= 15 is 0 Å². The fourth-order valence-corrected chi connectivity index (χ4v) is 3.46. The molecule has 0 amide bonds. The minimum Gasteiger partial charge on any atom is -0.375 e. The van der Waals surface area contributed by atoms with Gasteiger partial charge in [-0.3, -0.25) is 0 Å². The Morgan fingerprint density at radius 2 is 2.44 bits per heavy atom. The molecule has 5 nitrogen and oxygen atoms in total. The lowest BCUT2D eigenvalue weighted by atomic mass is 9.83. The quantitative estimate of drug-likeness (QED) is 0.860. The molecule has 3 heterocycles. The van der Waals surface area contributed by atoms with Crippen LogP contribution >= 0.6 is 0 Å². The molecule has 0 saturated carbocycles. The molecule has 1 aromatic heterocycles. The van der Waals surface area contributed by atoms with Gasteiger partial charge in [0, 0.05) is 12.5 Å². The predicted octanol–water partition coefficient (Wildman–Crippen LogP) is 1.52. The Hall–Kier alpha value is -0.940. The van der Waals surface area contributed by atoms with Gasteiger partial charge in [-0.25, -0.2) is 9.67 Å². The molecule has 18 heavy (non-hydrogen) atoms. The molecule has 3 rings (SSSR count). The van der Waals surface area contributed by atoms with E-state index in [1.165, 1.54) is 12.8 Å². The van der Waals surface area contributed by atoms with E-state index < -0.39 is 0 Å². The highest BCUT2D eigenvalue weighted by Gasteiger charge is 2.45. The second kappa shape index (κ2) is 4.97. The molecule has 2 aliphatic rings. The number of hydrogen-bond donors (Lipinski definition) is 1. The minimum atomic E-state index is 0.273. The number of nitrogens with zero attached hydrogens (tertiary/aromatic N) is 3. The molecule has 0 radical (unpaired) electrons. The maximum atomic E-state index is 5.97. The molecule has 1 N–H and O–H groups in total. The Labute approximate surface area is 108 Å². The molecule has 4 atom stereocenters. The van der Waals surface area contributed by atoms with Gasteiger partial charge in [0.25, 0.3) is 0 Å². The Morgan fingerprint density at radius 3 is 3.06 bits per heavy atom. The molecule has 0 aliphatic carbocycles. The predicted molar refractivity (Wildman–Crippen MR) is 68.1 cm³/mol. The Balaban J connectivity index is 1.81. The van der Waals surface area contributed by atoms with Gasteiger partial charge in [-0.05, 0) is 32.7 Å². The zero-order chi connectivity index (χ0) is 12.5. The fraction of sp³-hybridized carbons (Fsp3) is 0.846. The summed E-state index contributed by atoms with van der Waals surface area (Å²) in [4.78, 5) is 4.47. The van der Waals surface area contributed by atoms with Crippen LogP contribution in [0.3, 0.4) is 0 Å². The van der Waals surface area contributed by atoms with E-state index in [-0.39, 0.29) is 6.04 Å². The van der Waals surface area contributed by atoms with Crippen LogP contribution in [0, 0.1) is 5.92 Å². The van der Waals surface area contributed by atoms with Gasteiger partial charge in [0.15, 0.2) is 0 Å². The molecule has 2 fully saturated rings. The van der Waals surface area contributed by atoms with Crippen molar-refractivity contribution < 1.29 is 4.74 Å². The van der Waals surface area contributed by atoms with E-state index in [0.717, 1.165) is 25.2 Å². The van der Waals surface area contributed by atoms with Crippen molar-refractivity contribution in [3.05, 3.63) is 12.2 Å². The van der Waals surface area contributed by atoms with E-state index in [2.05, 4.69) is 22.3 Å². The molecule has 0 aromatic carbocycles. The Kier molecular flexibility index (Phi) is 3.35. The first kappa shape index (κ1) is 12.1. The molecule has 2 saturated heterocycles. The highest BCUT2D eigenvalue weighted by molar-refractivity contribution is 5.04. The van der Waals surface area contributed by atoms with Gasteiger partial charge in [-0.2, -0.15) is 5.10 Å². The number of hydrogen-bond acceptors (Lipinski definition) is 4. The standard InChI is InChI=1S/C13H22N4O/c1-3-6-17-13(15-8-16-17)12(14-2)10-7-9-4-5-11(10)18-9/h8-12,14H,3-7H2,1-2H3. The van der Waals surface area contributed by atoms with Crippen LogP contribution in [0.5, 0.6) is 0 Å². The Bertz CT molecular complexity index is 405. The lowest BCUT2D eigenvalue weighted by Gasteiger charge is -2.27. The summed E-state index contributed by atoms with van der Waals surface area (Å²) in [6, 6.07) is 0.273. The SMILES string of the molecule is CCCn1ncnc1C(NC)C1CC2CCC1O2. The number of aromatic nitrogens is 3. The molecule has 2 bridgehead atoms. The summed E-state index contributed by atoms with van der Waals surface area (Å²) < 4.78 is 8.00. The van der Waals surface area contributed by atoms with Crippen molar-refractivity contribution in [3.8, 4) is 0 Å². The van der Waals surface area contributed by atoms with E-state index in [4.69, 9.17) is 4.74 Å². The number of fused-ring (bicyclic) bond motifs is 2. The summed E-state index contributed by atoms with van der Waals surface area (Å²) in [6.45, 7) is 3.11. The first-order valence-electron chi connectivity index (χ1n) is 7.04. The first-order chi connectivity index (χ1) is 8.83. The van der Waals surface area contributed by atoms with Crippen molar-refractivity contribution in [2.75, 3.05) is 7.05 Å². The summed E-state index contributed by atoms with van der Waals surface area (Å²) in [7, 11) is 2.02. The van der Waals surface area contributed by atoms with Crippen LogP contribution in [0.4, 0.5) is 0 Å². The van der Waals surface area contributed by atoms with Gasteiger partial charge in [0.1, 0.15) is 12.2 Å². The van der Waals surface area contributed by atoms with Crippen LogP contribution in [0.2, 0.25) is 0 Å². The van der Waals surface area contributed by atoms with E-state index in [9.17, 15) is 0 Å². The van der Waals surface area contributed by atoms with Gasteiger partial charge in [0.2, 0.25) is 0 Å². The molecule has 0 spiro atoms. The normalized spacial score (nSPS) is 32.0. The molecule has 2 aliphatic heterocycles. The fourth-order valence-electron chi connectivity index (χ4n) is 3.46. The monoisotopic (exact) mass is 250 g/mol. The van der Waals surface area contributed by atoms with Crippen LogP contribution in [0.1, 0.15) is 44.5 Å². The van der Waals surface area contributed by atoms with Gasteiger partial charge in [-0.1, -0.05) is 6.92 Å². The average molecular weight is 250 g/mol. The second-order valence-electron chi connectivity index (χ2n) is 5.38. The van der Waals surface area contributed by atoms with Gasteiger partial charge in [0.05, 0.1) is 18.2 Å². The highest BCUT2D eigenvalue weighted by Crippen LogP contribution is 2.44. The van der Waals surface area contributed by atoms with Crippen molar-refractivity contribution in [3.63, 3.8) is 0 Å². The van der Waals surface area contributed by atoms with Crippen LogP contribution in [-0.4, -0.2) is 34.0 Å². The highest BCUT2D eigenvalue weighted by atomic mass is 16.5. The zero-order valence-corrected chi connectivity index (χ0v) is 11.2. The van der Waals surface area contributed by atoms with Crippen molar-refractivity contribution >= 4 is 0 Å². The van der Waals surface area contributed by atoms with E-state index in [1.54, 1.807) is 6.33 Å². The van der Waals surface area contributed by atoms with Crippen molar-refractivity contribution in [2.24, 2.45) is 5.92 Å². The molecular formula is C13H22N4O. The number of aryl methyl sites for hydroxylation is 1. The molecular weight excluding hydrogens is 228 g/mol. The lowest BCUT2D eigenvalue weighted by Crippen LogP contribution is -2.34. The van der Waals surface area contributed by atoms with Crippen molar-refractivity contribution in [1.82, 2.24) is 20.1 Å². The lowest BCUT2D eigenvalue weighted by molar-refractivity contribution is 0.0852. The Morgan fingerprint density at radius 1 is 1.56 bits per heavy atom. The van der Waals surface area contributed by atoms with Crippen molar-refractivity contribution in [2.45, 2.75) is 57.4 Å². The summed E-state index contributed by atoms with van der Waals surface area (Å²) >= 11 is 0. The topological polar surface area (TPSA) is 52.0 Å². The molecule has 5 heteroatoms. The average Bonchev–Trinajstić information content (AvgIpc) is 3.07. The zero-order valence-electron chi connectivity index (χ0n) is 11.2. The number of nitrogens with one attached hydrogen (secondary N) is 1. The van der Waals surface area contributed by atoms with Gasteiger partial charge in [-0.15, -0.1) is 0 Å². The summed E-state index contributed by atoms with van der Waals surface area (Å²) in [5.74, 6) is 1.62. The van der Waals surface area contributed by atoms with Gasteiger partial charge < -0.3 is 10.1 Å². The van der Waals surface area contributed by atoms with E-state index in [1.807, 2.05) is 11.7 Å². The number of ether oxygens (including phenoxy) is 1. The molecule has 1 aromatic rings. The second-order valence-corrected chi connectivity index (χ2v) is 5.38. The maximum Gasteiger partial charge on any atom is 0.144 e. The van der Waals surface area contributed by atoms with Crippen LogP contribution in [-0.2, 0) is 11.3 Å². The third-order valence-corrected chi connectivity index (χ3v) is 4.25. The van der Waals surface area contributed by atoms with E-state index in [0.29, 0.717) is 18.1 Å². The van der Waals surface area contributed by atoms with Gasteiger partial charge >= 0.3 is 0 Å². The minimum absolute atomic E-state index is 0.273. The van der Waals surface area contributed by atoms with Crippen molar-refractivity contribution in [1.29, 1.82) is 0 Å². The smallest absolute Gasteiger partial charge is 0.144 e. The van der Waals surface area contributed by atoms with Crippen LogP contribution < -0.4 is 5.32 Å². The summed E-state index contributed by atoms with van der Waals surface area (Å²) in [5, 5.41) is 7.76. The summed E-state index contributed by atoms with van der Waals surface area (Å²) in [5.41, 5.74) is 0. The largest absolute Gasteiger partial charge is 0.375 e. The van der Waals surface area contributed by atoms with Crippen LogP contribution in [0.15, 0.2) is 6.33 Å².